The molecule has 0 amide bonds. The summed E-state index contributed by atoms with van der Waals surface area (Å²) in [6, 6.07) is 7.81. The number of anilines is 1. The molecule has 0 atom stereocenters. The third kappa shape index (κ3) is 3.74. The van der Waals surface area contributed by atoms with E-state index in [0.29, 0.717) is 18.1 Å². The summed E-state index contributed by atoms with van der Waals surface area (Å²) in [5.74, 6) is 2.66. The molecule has 5 nitrogen and oxygen atoms in total. The Labute approximate surface area is 164 Å². The fraction of sp³-hybridized carbons (Fsp3) is 0.444. The Balaban J connectivity index is 1.52. The monoisotopic (exact) mass is 380 g/mol. The SMILES string of the molecule is [B]C([B])(CC1CCN(c2ccn3c(n2)nc2cc(OC)ccc23)CC1)SF. The molecule has 1 aliphatic heterocycles. The predicted octanol–water partition coefficient (Wildman–Crippen LogP) is 3.11. The lowest BCUT2D eigenvalue weighted by Crippen LogP contribution is -2.37. The zero-order valence-electron chi connectivity index (χ0n) is 15.1. The van der Waals surface area contributed by atoms with Crippen molar-refractivity contribution in [1.82, 2.24) is 14.4 Å². The first-order chi connectivity index (χ1) is 13.0. The van der Waals surface area contributed by atoms with Crippen LogP contribution in [-0.2, 0) is 0 Å². The Hall–Kier alpha value is -1.89. The van der Waals surface area contributed by atoms with E-state index in [1.807, 2.05) is 34.9 Å². The molecule has 1 saturated heterocycles. The molecule has 136 valence electrons. The fourth-order valence-corrected chi connectivity index (χ4v) is 4.02. The summed E-state index contributed by atoms with van der Waals surface area (Å²) in [5.41, 5.74) is 1.85. The van der Waals surface area contributed by atoms with Gasteiger partial charge in [0.2, 0.25) is 5.78 Å². The molecule has 1 aromatic carbocycles. The van der Waals surface area contributed by atoms with Gasteiger partial charge in [0, 0.05) is 37.5 Å². The molecule has 0 spiro atoms. The first-order valence-electron chi connectivity index (χ1n) is 8.94. The third-order valence-corrected chi connectivity index (χ3v) is 5.61. The van der Waals surface area contributed by atoms with E-state index in [1.165, 1.54) is 0 Å². The number of benzene rings is 1. The van der Waals surface area contributed by atoms with Gasteiger partial charge in [-0.2, -0.15) is 8.87 Å². The number of aromatic nitrogens is 3. The average molecular weight is 380 g/mol. The Morgan fingerprint density at radius 2 is 2.04 bits per heavy atom. The van der Waals surface area contributed by atoms with Crippen LogP contribution in [0.1, 0.15) is 19.3 Å². The minimum Gasteiger partial charge on any atom is -0.497 e. The average Bonchev–Trinajstić information content (AvgIpc) is 3.05. The fourth-order valence-electron chi connectivity index (χ4n) is 3.72. The van der Waals surface area contributed by atoms with Crippen LogP contribution in [-0.4, -0.2) is 54.8 Å². The van der Waals surface area contributed by atoms with Gasteiger partial charge in [-0.3, -0.25) is 4.40 Å². The molecule has 0 saturated carbocycles. The van der Waals surface area contributed by atoms with E-state index in [1.54, 1.807) is 7.11 Å². The van der Waals surface area contributed by atoms with Crippen molar-refractivity contribution in [3.63, 3.8) is 0 Å². The molecular weight excluding hydrogens is 361 g/mol. The molecule has 3 heterocycles. The molecule has 3 aromatic rings. The Morgan fingerprint density at radius 1 is 1.26 bits per heavy atom. The second-order valence-corrected chi connectivity index (χ2v) is 8.00. The number of fused-ring (bicyclic) bond motifs is 3. The largest absolute Gasteiger partial charge is 0.497 e. The maximum atomic E-state index is 12.8. The van der Waals surface area contributed by atoms with Crippen LogP contribution in [0.4, 0.5) is 9.70 Å². The predicted molar refractivity (Wildman–Crippen MR) is 110 cm³/mol. The van der Waals surface area contributed by atoms with Crippen molar-refractivity contribution >= 4 is 50.5 Å². The standard InChI is InChI=1S/C18H19B2FN4OS/c1-26-13-2-3-15-14(10-13)22-17-23-16(6-9-25(15)17)24-7-4-12(5-8-24)11-18(19,20)27-21/h2-3,6,9-10,12H,4-5,7-8,11H2,1H3. The van der Waals surface area contributed by atoms with E-state index >= 15 is 0 Å². The van der Waals surface area contributed by atoms with Crippen LogP contribution in [0.15, 0.2) is 30.5 Å². The highest BCUT2D eigenvalue weighted by Gasteiger charge is 2.27. The van der Waals surface area contributed by atoms with Gasteiger partial charge in [-0.25, -0.2) is 4.98 Å². The van der Waals surface area contributed by atoms with Gasteiger partial charge >= 0.3 is 0 Å². The maximum Gasteiger partial charge on any atom is 0.236 e. The summed E-state index contributed by atoms with van der Waals surface area (Å²) in [6.45, 7) is 1.68. The van der Waals surface area contributed by atoms with Crippen LogP contribution in [0.25, 0.3) is 16.8 Å². The van der Waals surface area contributed by atoms with Crippen molar-refractivity contribution in [2.24, 2.45) is 5.92 Å². The van der Waals surface area contributed by atoms with Gasteiger partial charge in [-0.15, -0.1) is 0 Å². The minimum atomic E-state index is -1.29. The number of hydrogen-bond donors (Lipinski definition) is 0. The lowest BCUT2D eigenvalue weighted by molar-refractivity contribution is 0.384. The number of methoxy groups -OCH3 is 1. The topological polar surface area (TPSA) is 42.7 Å². The van der Waals surface area contributed by atoms with Gasteiger partial charge in [-0.05, 0) is 47.9 Å². The van der Waals surface area contributed by atoms with Crippen molar-refractivity contribution in [2.75, 3.05) is 25.1 Å². The molecule has 0 aliphatic carbocycles. The molecule has 9 heteroatoms. The summed E-state index contributed by atoms with van der Waals surface area (Å²) >= 11 is 0.0335. The molecule has 2 aromatic heterocycles. The van der Waals surface area contributed by atoms with Crippen molar-refractivity contribution in [3.8, 4) is 5.75 Å². The summed E-state index contributed by atoms with van der Waals surface area (Å²) in [4.78, 5) is 11.6. The highest BCUT2D eigenvalue weighted by Crippen LogP contribution is 2.33. The molecule has 0 bridgehead atoms. The molecule has 1 fully saturated rings. The maximum absolute atomic E-state index is 12.8. The lowest BCUT2D eigenvalue weighted by Gasteiger charge is -2.35. The van der Waals surface area contributed by atoms with E-state index in [9.17, 15) is 3.89 Å². The normalized spacial score (nSPS) is 16.3. The van der Waals surface area contributed by atoms with E-state index in [0.717, 1.165) is 48.5 Å². The zero-order valence-corrected chi connectivity index (χ0v) is 16.0. The molecule has 4 rings (SSSR count). The summed E-state index contributed by atoms with van der Waals surface area (Å²) in [7, 11) is 13.1. The smallest absolute Gasteiger partial charge is 0.236 e. The zero-order chi connectivity index (χ0) is 19.0. The van der Waals surface area contributed by atoms with Crippen molar-refractivity contribution < 1.29 is 8.62 Å². The van der Waals surface area contributed by atoms with Gasteiger partial charge in [-0.1, -0.05) is 0 Å². The Kier molecular flexibility index (Phi) is 4.97. The van der Waals surface area contributed by atoms with Gasteiger partial charge < -0.3 is 9.64 Å². The number of nitrogens with zero attached hydrogens (tertiary/aromatic N) is 4. The molecule has 0 unspecified atom stereocenters. The number of halogens is 1. The second kappa shape index (κ2) is 7.26. The molecule has 27 heavy (non-hydrogen) atoms. The molecular formula is C18H19B2FN4OS. The van der Waals surface area contributed by atoms with Crippen LogP contribution in [0.3, 0.4) is 0 Å². The summed E-state index contributed by atoms with van der Waals surface area (Å²) < 4.78 is 18.7. The number of piperidine rings is 1. The van der Waals surface area contributed by atoms with Crippen LogP contribution in [0, 0.1) is 5.92 Å². The first-order valence-corrected chi connectivity index (χ1v) is 9.66. The number of imidazole rings is 1. The van der Waals surface area contributed by atoms with E-state index in [2.05, 4.69) is 9.88 Å². The van der Waals surface area contributed by atoms with E-state index in [4.69, 9.17) is 25.4 Å². The number of ether oxygens (including phenoxy) is 1. The van der Waals surface area contributed by atoms with Gasteiger partial charge in [0.25, 0.3) is 0 Å². The molecule has 0 N–H and O–H groups in total. The van der Waals surface area contributed by atoms with Crippen LogP contribution >= 0.6 is 12.1 Å². The van der Waals surface area contributed by atoms with Crippen LogP contribution in [0.5, 0.6) is 5.75 Å². The quantitative estimate of drug-likeness (QED) is 0.637. The van der Waals surface area contributed by atoms with Crippen molar-refractivity contribution in [3.05, 3.63) is 30.5 Å². The summed E-state index contributed by atoms with van der Waals surface area (Å²) in [5, 5.41) is 0. The summed E-state index contributed by atoms with van der Waals surface area (Å²) in [6.07, 6.45) is 4.30. The minimum absolute atomic E-state index is 0.0335. The third-order valence-electron chi connectivity index (χ3n) is 5.16. The van der Waals surface area contributed by atoms with E-state index < -0.39 is 4.55 Å². The van der Waals surface area contributed by atoms with Crippen molar-refractivity contribution in [2.45, 2.75) is 23.8 Å². The Bertz CT molecular complexity index is 959. The number of rotatable bonds is 5. The molecule has 1 aliphatic rings. The number of hydrogen-bond acceptors (Lipinski definition) is 5. The molecule has 4 radical (unpaired) electrons. The highest BCUT2D eigenvalue weighted by molar-refractivity contribution is 7.98. The van der Waals surface area contributed by atoms with Crippen molar-refractivity contribution in [1.29, 1.82) is 0 Å². The van der Waals surface area contributed by atoms with Gasteiger partial charge in [0.1, 0.15) is 11.6 Å². The van der Waals surface area contributed by atoms with E-state index in [-0.39, 0.29) is 12.1 Å². The van der Waals surface area contributed by atoms with Crippen LogP contribution < -0.4 is 9.64 Å². The highest BCUT2D eigenvalue weighted by atomic mass is 32.2. The lowest BCUT2D eigenvalue weighted by atomic mass is 9.64. The Morgan fingerprint density at radius 3 is 2.74 bits per heavy atom. The second-order valence-electron chi connectivity index (χ2n) is 7.09. The van der Waals surface area contributed by atoms with Gasteiger partial charge in [0.15, 0.2) is 0 Å². The first kappa shape index (κ1) is 18.5. The van der Waals surface area contributed by atoms with Gasteiger partial charge in [0.05, 0.1) is 33.8 Å². The van der Waals surface area contributed by atoms with Crippen LogP contribution in [0.2, 0.25) is 0 Å².